The number of carboxylic acid groups (broad SMARTS) is 1. The van der Waals surface area contributed by atoms with Gasteiger partial charge in [0.05, 0.1) is 13.1 Å². The summed E-state index contributed by atoms with van der Waals surface area (Å²) in [6.07, 6.45) is 2.92. The number of carboxylic acids is 1. The summed E-state index contributed by atoms with van der Waals surface area (Å²) in [5.74, 6) is -1.06. The molecule has 1 aliphatic rings. The number of anilines is 1. The highest BCUT2D eigenvalue weighted by atomic mass is 16.4. The second-order valence-electron chi connectivity index (χ2n) is 5.13. The predicted octanol–water partition coefficient (Wildman–Crippen LogP) is 1.74. The van der Waals surface area contributed by atoms with Crippen molar-refractivity contribution < 1.29 is 14.7 Å². The van der Waals surface area contributed by atoms with Crippen LogP contribution in [0, 0.1) is 0 Å². The molecule has 0 spiro atoms. The molecule has 0 saturated heterocycles. The van der Waals surface area contributed by atoms with E-state index in [0.717, 1.165) is 24.9 Å². The molecular weight excluding hydrogens is 256 g/mol. The van der Waals surface area contributed by atoms with Crippen molar-refractivity contribution in [3.8, 4) is 0 Å². The smallest absolute Gasteiger partial charge is 0.317 e. The van der Waals surface area contributed by atoms with E-state index < -0.39 is 5.97 Å². The normalized spacial score (nSPS) is 14.3. The zero-order valence-electron chi connectivity index (χ0n) is 11.6. The average molecular weight is 276 g/mol. The summed E-state index contributed by atoms with van der Waals surface area (Å²) in [5, 5.41) is 11.7. The highest BCUT2D eigenvalue weighted by molar-refractivity contribution is 5.92. The molecule has 0 aliphatic heterocycles. The van der Waals surface area contributed by atoms with Gasteiger partial charge in [0.25, 0.3) is 0 Å². The SMILES string of the molecule is CCc1ccc(NC(=O)CN(CC(=O)O)C2CC2)cc1. The van der Waals surface area contributed by atoms with Gasteiger partial charge in [-0.05, 0) is 37.0 Å². The highest BCUT2D eigenvalue weighted by Gasteiger charge is 2.31. The molecule has 20 heavy (non-hydrogen) atoms. The summed E-state index contributed by atoms with van der Waals surface area (Å²) in [4.78, 5) is 24.4. The quantitative estimate of drug-likeness (QED) is 0.796. The van der Waals surface area contributed by atoms with Crippen molar-refractivity contribution >= 4 is 17.6 Å². The lowest BCUT2D eigenvalue weighted by atomic mass is 10.1. The summed E-state index contributed by atoms with van der Waals surface area (Å²) < 4.78 is 0. The summed E-state index contributed by atoms with van der Waals surface area (Å²) in [7, 11) is 0. The molecule has 0 unspecified atom stereocenters. The lowest BCUT2D eigenvalue weighted by molar-refractivity contribution is -0.138. The Hall–Kier alpha value is -1.88. The van der Waals surface area contributed by atoms with Crippen molar-refractivity contribution in [3.63, 3.8) is 0 Å². The number of carbonyl (C=O) groups excluding carboxylic acids is 1. The van der Waals surface area contributed by atoms with Crippen LogP contribution in [0.5, 0.6) is 0 Å². The van der Waals surface area contributed by atoms with Gasteiger partial charge in [-0.1, -0.05) is 19.1 Å². The Bertz CT molecular complexity index is 480. The molecule has 2 N–H and O–H groups in total. The van der Waals surface area contributed by atoms with E-state index in [0.29, 0.717) is 0 Å². The summed E-state index contributed by atoms with van der Waals surface area (Å²) in [6, 6.07) is 7.95. The van der Waals surface area contributed by atoms with E-state index in [1.807, 2.05) is 24.3 Å². The van der Waals surface area contributed by atoms with Crippen molar-refractivity contribution in [2.45, 2.75) is 32.2 Å². The number of rotatable bonds is 7. The van der Waals surface area contributed by atoms with Crippen LogP contribution in [0.3, 0.4) is 0 Å². The number of nitrogens with one attached hydrogen (secondary N) is 1. The number of nitrogens with zero attached hydrogens (tertiary/aromatic N) is 1. The van der Waals surface area contributed by atoms with Gasteiger partial charge in [-0.2, -0.15) is 0 Å². The van der Waals surface area contributed by atoms with Gasteiger partial charge in [0, 0.05) is 11.7 Å². The standard InChI is InChI=1S/C15H20N2O3/c1-2-11-3-5-12(6-4-11)16-14(18)9-17(10-15(19)20)13-7-8-13/h3-6,13H,2,7-10H2,1H3,(H,16,18)(H,19,20). The average Bonchev–Trinajstić information content (AvgIpc) is 3.22. The minimum absolute atomic E-state index is 0.0765. The minimum Gasteiger partial charge on any atom is -0.480 e. The molecule has 0 bridgehead atoms. The molecule has 0 aromatic heterocycles. The lowest BCUT2D eigenvalue weighted by Crippen LogP contribution is -2.38. The molecule has 1 amide bonds. The fourth-order valence-corrected chi connectivity index (χ4v) is 2.14. The first kappa shape index (κ1) is 14.5. The van der Waals surface area contributed by atoms with E-state index in [1.54, 1.807) is 4.90 Å². The molecule has 0 radical (unpaired) electrons. The molecule has 1 aliphatic carbocycles. The Kier molecular flexibility index (Phi) is 4.74. The molecule has 1 fully saturated rings. The first-order chi connectivity index (χ1) is 9.58. The van der Waals surface area contributed by atoms with Crippen LogP contribution in [-0.2, 0) is 16.0 Å². The van der Waals surface area contributed by atoms with E-state index in [2.05, 4.69) is 12.2 Å². The van der Waals surface area contributed by atoms with Crippen LogP contribution in [0.4, 0.5) is 5.69 Å². The van der Waals surface area contributed by atoms with Crippen LogP contribution >= 0.6 is 0 Å². The number of hydrogen-bond acceptors (Lipinski definition) is 3. The highest BCUT2D eigenvalue weighted by Crippen LogP contribution is 2.26. The fourth-order valence-electron chi connectivity index (χ4n) is 2.14. The maximum absolute atomic E-state index is 11.9. The lowest BCUT2D eigenvalue weighted by Gasteiger charge is -2.19. The Labute approximate surface area is 118 Å². The molecule has 2 rings (SSSR count). The molecular formula is C15H20N2O3. The number of carbonyl (C=O) groups is 2. The van der Waals surface area contributed by atoms with E-state index in [9.17, 15) is 9.59 Å². The Morgan fingerprint density at radius 2 is 1.90 bits per heavy atom. The van der Waals surface area contributed by atoms with Crippen LogP contribution in [0.1, 0.15) is 25.3 Å². The first-order valence-electron chi connectivity index (χ1n) is 6.93. The van der Waals surface area contributed by atoms with E-state index in [-0.39, 0.29) is 25.0 Å². The monoisotopic (exact) mass is 276 g/mol. The molecule has 1 saturated carbocycles. The van der Waals surface area contributed by atoms with Crippen molar-refractivity contribution in [2.75, 3.05) is 18.4 Å². The van der Waals surface area contributed by atoms with Crippen molar-refractivity contribution in [1.82, 2.24) is 4.90 Å². The third-order valence-electron chi connectivity index (χ3n) is 3.39. The Morgan fingerprint density at radius 3 is 2.40 bits per heavy atom. The second kappa shape index (κ2) is 6.52. The third-order valence-corrected chi connectivity index (χ3v) is 3.39. The number of hydrogen-bond donors (Lipinski definition) is 2. The van der Waals surface area contributed by atoms with Gasteiger partial charge in [-0.15, -0.1) is 0 Å². The van der Waals surface area contributed by atoms with Gasteiger partial charge in [0.2, 0.25) is 5.91 Å². The summed E-state index contributed by atoms with van der Waals surface area (Å²) in [6.45, 7) is 2.13. The van der Waals surface area contributed by atoms with Gasteiger partial charge in [-0.25, -0.2) is 0 Å². The second-order valence-corrected chi connectivity index (χ2v) is 5.13. The number of benzene rings is 1. The fraction of sp³-hybridized carbons (Fsp3) is 0.467. The third kappa shape index (κ3) is 4.35. The van der Waals surface area contributed by atoms with Crippen molar-refractivity contribution in [2.24, 2.45) is 0 Å². The van der Waals surface area contributed by atoms with Crippen LogP contribution in [-0.4, -0.2) is 41.0 Å². The van der Waals surface area contributed by atoms with Crippen molar-refractivity contribution in [3.05, 3.63) is 29.8 Å². The molecule has 1 aromatic carbocycles. The van der Waals surface area contributed by atoms with E-state index in [1.165, 1.54) is 5.56 Å². The van der Waals surface area contributed by atoms with Gasteiger partial charge < -0.3 is 10.4 Å². The van der Waals surface area contributed by atoms with E-state index >= 15 is 0 Å². The van der Waals surface area contributed by atoms with Gasteiger partial charge in [-0.3, -0.25) is 14.5 Å². The molecule has 108 valence electrons. The van der Waals surface area contributed by atoms with Crippen LogP contribution in [0.15, 0.2) is 24.3 Å². The maximum Gasteiger partial charge on any atom is 0.317 e. The molecule has 5 nitrogen and oxygen atoms in total. The Balaban J connectivity index is 1.88. The summed E-state index contributed by atoms with van der Waals surface area (Å²) >= 11 is 0. The zero-order chi connectivity index (χ0) is 14.5. The number of amides is 1. The van der Waals surface area contributed by atoms with Gasteiger partial charge >= 0.3 is 5.97 Å². The maximum atomic E-state index is 11.9. The largest absolute Gasteiger partial charge is 0.480 e. The Morgan fingerprint density at radius 1 is 1.25 bits per heavy atom. The number of aryl methyl sites for hydroxylation is 1. The van der Waals surface area contributed by atoms with E-state index in [4.69, 9.17) is 5.11 Å². The minimum atomic E-state index is -0.892. The van der Waals surface area contributed by atoms with Crippen LogP contribution in [0.25, 0.3) is 0 Å². The van der Waals surface area contributed by atoms with Crippen molar-refractivity contribution in [1.29, 1.82) is 0 Å². The van der Waals surface area contributed by atoms with Crippen LogP contribution < -0.4 is 5.32 Å². The van der Waals surface area contributed by atoms with Gasteiger partial charge in [0.1, 0.15) is 0 Å². The van der Waals surface area contributed by atoms with Gasteiger partial charge in [0.15, 0.2) is 0 Å². The molecule has 5 heteroatoms. The topological polar surface area (TPSA) is 69.6 Å². The number of aliphatic carboxylic acids is 1. The van der Waals surface area contributed by atoms with Crippen LogP contribution in [0.2, 0.25) is 0 Å². The molecule has 0 atom stereocenters. The summed E-state index contributed by atoms with van der Waals surface area (Å²) in [5.41, 5.74) is 1.96. The molecule has 0 heterocycles. The first-order valence-corrected chi connectivity index (χ1v) is 6.93. The zero-order valence-corrected chi connectivity index (χ0v) is 11.6. The molecule has 1 aromatic rings. The predicted molar refractivity (Wildman–Crippen MR) is 76.7 cm³/mol.